The number of hydrogen-bond acceptors (Lipinski definition) is 6. The Hall–Kier alpha value is -3.15. The van der Waals surface area contributed by atoms with E-state index in [0.29, 0.717) is 19.3 Å². The first-order chi connectivity index (χ1) is 34.0. The van der Waals surface area contributed by atoms with Gasteiger partial charge >= 0.3 is 17.9 Å². The van der Waals surface area contributed by atoms with Gasteiger partial charge in [-0.15, -0.1) is 0 Å². The maximum atomic E-state index is 12.9. The second kappa shape index (κ2) is 57.4. The molecule has 0 aromatic rings. The molecule has 1 atom stereocenters. The quantitative estimate of drug-likeness (QED) is 0.0199. The fraction of sp³-hybridized carbons (Fsp3) is 0.762. The fourth-order valence-electron chi connectivity index (χ4n) is 8.24. The van der Waals surface area contributed by atoms with E-state index in [9.17, 15) is 14.4 Å². The molecular formula is C63H110O6. The van der Waals surface area contributed by atoms with Gasteiger partial charge in [0.25, 0.3) is 0 Å². The van der Waals surface area contributed by atoms with Crippen molar-refractivity contribution in [2.45, 2.75) is 297 Å². The first-order valence-corrected chi connectivity index (χ1v) is 29.5. The molecule has 0 amide bonds. The average Bonchev–Trinajstić information content (AvgIpc) is 3.35. The Labute approximate surface area is 427 Å². The van der Waals surface area contributed by atoms with Gasteiger partial charge in [-0.05, 0) is 89.9 Å². The molecule has 0 saturated carbocycles. The highest BCUT2D eigenvalue weighted by Crippen LogP contribution is 2.15. The van der Waals surface area contributed by atoms with Crippen LogP contribution in [0.15, 0.2) is 72.9 Å². The monoisotopic (exact) mass is 963 g/mol. The van der Waals surface area contributed by atoms with E-state index in [2.05, 4.69) is 87.6 Å². The van der Waals surface area contributed by atoms with Crippen LogP contribution in [-0.2, 0) is 28.6 Å². The molecule has 398 valence electrons. The number of carbonyl (C=O) groups is 3. The normalized spacial score (nSPS) is 12.6. The van der Waals surface area contributed by atoms with Crippen molar-refractivity contribution in [1.82, 2.24) is 0 Å². The van der Waals surface area contributed by atoms with Crippen molar-refractivity contribution in [1.29, 1.82) is 0 Å². The van der Waals surface area contributed by atoms with Crippen LogP contribution in [0.5, 0.6) is 0 Å². The van der Waals surface area contributed by atoms with E-state index >= 15 is 0 Å². The third-order valence-electron chi connectivity index (χ3n) is 12.7. The Bertz CT molecular complexity index is 1290. The van der Waals surface area contributed by atoms with Crippen molar-refractivity contribution in [3.05, 3.63) is 72.9 Å². The van der Waals surface area contributed by atoms with Gasteiger partial charge in [0, 0.05) is 19.3 Å². The van der Waals surface area contributed by atoms with Crippen molar-refractivity contribution in [2.75, 3.05) is 13.2 Å². The summed E-state index contributed by atoms with van der Waals surface area (Å²) in [5.74, 6) is -0.963. The second-order valence-corrected chi connectivity index (χ2v) is 19.6. The number of esters is 3. The molecule has 0 N–H and O–H groups in total. The fourth-order valence-corrected chi connectivity index (χ4v) is 8.24. The molecule has 0 aliphatic heterocycles. The van der Waals surface area contributed by atoms with Gasteiger partial charge < -0.3 is 14.2 Å². The SMILES string of the molecule is CCCCC/C=C\C=C/CCCCCCCCCCCCC(=O)OCC(COC(=O)CC/C=C\C/C=C\CCCCCCCC)OC(=O)CCCCCCCCCCCC/C=C\C=C/CCCCC. The minimum atomic E-state index is -0.801. The molecule has 0 spiro atoms. The summed E-state index contributed by atoms with van der Waals surface area (Å²) in [6.07, 6.45) is 73.3. The highest BCUT2D eigenvalue weighted by Gasteiger charge is 2.19. The first kappa shape index (κ1) is 65.8. The maximum Gasteiger partial charge on any atom is 0.306 e. The van der Waals surface area contributed by atoms with Crippen LogP contribution >= 0.6 is 0 Å². The zero-order valence-corrected chi connectivity index (χ0v) is 45.6. The summed E-state index contributed by atoms with van der Waals surface area (Å²) >= 11 is 0. The van der Waals surface area contributed by atoms with Gasteiger partial charge in [-0.25, -0.2) is 0 Å². The zero-order valence-electron chi connectivity index (χ0n) is 45.6. The smallest absolute Gasteiger partial charge is 0.306 e. The first-order valence-electron chi connectivity index (χ1n) is 29.5. The summed E-state index contributed by atoms with van der Waals surface area (Å²) in [6.45, 7) is 6.54. The zero-order chi connectivity index (χ0) is 50.0. The van der Waals surface area contributed by atoms with Crippen LogP contribution in [0.1, 0.15) is 290 Å². The van der Waals surface area contributed by atoms with Crippen molar-refractivity contribution >= 4 is 17.9 Å². The largest absolute Gasteiger partial charge is 0.462 e. The minimum absolute atomic E-state index is 0.0947. The van der Waals surface area contributed by atoms with Crippen LogP contribution in [-0.4, -0.2) is 37.2 Å². The lowest BCUT2D eigenvalue weighted by atomic mass is 10.1. The number of allylic oxidation sites excluding steroid dienone is 12. The van der Waals surface area contributed by atoms with Crippen LogP contribution < -0.4 is 0 Å². The Balaban J connectivity index is 4.40. The Kier molecular flexibility index (Phi) is 54.8. The van der Waals surface area contributed by atoms with Crippen LogP contribution in [0, 0.1) is 0 Å². The van der Waals surface area contributed by atoms with E-state index in [4.69, 9.17) is 14.2 Å². The molecular weight excluding hydrogens is 853 g/mol. The number of rotatable bonds is 53. The summed E-state index contributed by atoms with van der Waals surface area (Å²) in [4.78, 5) is 38.1. The number of ether oxygens (including phenoxy) is 3. The Morgan fingerprint density at radius 1 is 0.304 bits per heavy atom. The van der Waals surface area contributed by atoms with Gasteiger partial charge in [0.05, 0.1) is 0 Å². The summed E-state index contributed by atoms with van der Waals surface area (Å²) in [7, 11) is 0. The van der Waals surface area contributed by atoms with Gasteiger partial charge in [-0.3, -0.25) is 14.4 Å². The molecule has 69 heavy (non-hydrogen) atoms. The summed E-state index contributed by atoms with van der Waals surface area (Å²) in [5, 5.41) is 0. The molecule has 0 heterocycles. The second-order valence-electron chi connectivity index (χ2n) is 19.6. The van der Waals surface area contributed by atoms with Crippen molar-refractivity contribution in [3.63, 3.8) is 0 Å². The van der Waals surface area contributed by atoms with Crippen molar-refractivity contribution in [2.24, 2.45) is 0 Å². The predicted molar refractivity (Wildman–Crippen MR) is 298 cm³/mol. The van der Waals surface area contributed by atoms with E-state index in [0.717, 1.165) is 51.4 Å². The molecule has 0 aliphatic carbocycles. The molecule has 6 heteroatoms. The van der Waals surface area contributed by atoms with E-state index < -0.39 is 6.10 Å². The van der Waals surface area contributed by atoms with Gasteiger partial charge in [-0.1, -0.05) is 254 Å². The predicted octanol–water partition coefficient (Wildman–Crippen LogP) is 19.8. The molecule has 0 radical (unpaired) electrons. The topological polar surface area (TPSA) is 78.9 Å². The number of unbranched alkanes of at least 4 members (excludes halogenated alkanes) is 32. The molecule has 0 aromatic heterocycles. The molecule has 0 aromatic carbocycles. The van der Waals surface area contributed by atoms with Crippen LogP contribution in [0.4, 0.5) is 0 Å². The van der Waals surface area contributed by atoms with Gasteiger partial charge in [0.15, 0.2) is 6.10 Å². The standard InChI is InChI=1S/C63H110O6/c1-4-7-10-13-16-19-22-25-27-29-31-33-35-38-41-44-47-50-53-56-62(65)68-59-60(58-67-61(64)55-52-49-46-43-40-37-24-21-18-15-12-9-6-3)69-63(66)57-54-51-48-45-42-39-36-34-32-30-28-26-23-20-17-14-11-8-5-2/h16-17,19-20,22-23,25-26,37,40,46,49,60H,4-15,18,21,24,27-36,38-39,41-45,47-48,50-59H2,1-3H3/b19-16-,20-17-,25-22-,26-23-,40-37-,49-46-. The molecule has 0 rings (SSSR count). The lowest BCUT2D eigenvalue weighted by Crippen LogP contribution is -2.30. The van der Waals surface area contributed by atoms with E-state index in [1.54, 1.807) is 0 Å². The molecule has 1 unspecified atom stereocenters. The summed E-state index contributed by atoms with van der Waals surface area (Å²) < 4.78 is 16.8. The van der Waals surface area contributed by atoms with Crippen LogP contribution in [0.25, 0.3) is 0 Å². The van der Waals surface area contributed by atoms with E-state index in [1.165, 1.54) is 193 Å². The highest BCUT2D eigenvalue weighted by atomic mass is 16.6. The maximum absolute atomic E-state index is 12.9. The lowest BCUT2D eigenvalue weighted by molar-refractivity contribution is -0.166. The van der Waals surface area contributed by atoms with Gasteiger partial charge in [0.1, 0.15) is 13.2 Å². The van der Waals surface area contributed by atoms with Gasteiger partial charge in [0.2, 0.25) is 0 Å². The van der Waals surface area contributed by atoms with Crippen LogP contribution in [0.3, 0.4) is 0 Å². The highest BCUT2D eigenvalue weighted by molar-refractivity contribution is 5.71. The Morgan fingerprint density at radius 2 is 0.594 bits per heavy atom. The van der Waals surface area contributed by atoms with Crippen LogP contribution in [0.2, 0.25) is 0 Å². The molecule has 0 fully saturated rings. The van der Waals surface area contributed by atoms with E-state index in [1.807, 2.05) is 6.08 Å². The number of carbonyl (C=O) groups excluding carboxylic acids is 3. The van der Waals surface area contributed by atoms with Crippen molar-refractivity contribution in [3.8, 4) is 0 Å². The third-order valence-corrected chi connectivity index (χ3v) is 12.7. The van der Waals surface area contributed by atoms with Gasteiger partial charge in [-0.2, -0.15) is 0 Å². The van der Waals surface area contributed by atoms with Crippen molar-refractivity contribution < 1.29 is 28.6 Å². The summed E-state index contributed by atoms with van der Waals surface area (Å²) in [6, 6.07) is 0. The van der Waals surface area contributed by atoms with E-state index in [-0.39, 0.29) is 37.5 Å². The molecule has 0 aliphatic rings. The molecule has 6 nitrogen and oxygen atoms in total. The average molecular weight is 964 g/mol. The third kappa shape index (κ3) is 55.6. The minimum Gasteiger partial charge on any atom is -0.462 e. The lowest BCUT2D eigenvalue weighted by Gasteiger charge is -2.18. The molecule has 0 saturated heterocycles. The number of hydrogen-bond donors (Lipinski definition) is 0. The summed E-state index contributed by atoms with van der Waals surface area (Å²) in [5.41, 5.74) is 0. The Morgan fingerprint density at radius 3 is 1.00 bits per heavy atom. The molecule has 0 bridgehead atoms.